The Hall–Kier alpha value is -3.31. The third-order valence-corrected chi connectivity index (χ3v) is 7.94. The number of oxazole rings is 1. The second-order valence-corrected chi connectivity index (χ2v) is 10.5. The van der Waals surface area contributed by atoms with Crippen molar-refractivity contribution in [2.45, 2.75) is 66.0 Å². The molecule has 1 aliphatic rings. The lowest BCUT2D eigenvalue weighted by molar-refractivity contribution is 0.0747. The monoisotopic (exact) mass is 503 g/mol. The Labute approximate surface area is 228 Å². The van der Waals surface area contributed by atoms with Crippen molar-refractivity contribution in [1.82, 2.24) is 9.47 Å². The van der Waals surface area contributed by atoms with E-state index in [4.69, 9.17) is 4.42 Å². The van der Waals surface area contributed by atoms with E-state index in [-0.39, 0.29) is 11.3 Å². The molecule has 1 aromatic heterocycles. The van der Waals surface area contributed by atoms with Crippen LogP contribution in [0.1, 0.15) is 64.2 Å². The molecule has 3 aromatic carbocycles. The quantitative estimate of drug-likeness (QED) is 0.308. The van der Waals surface area contributed by atoms with Crippen LogP contribution in [-0.4, -0.2) is 34.0 Å². The molecule has 0 saturated carbocycles. The van der Waals surface area contributed by atoms with Gasteiger partial charge < -0.3 is 9.32 Å². The lowest BCUT2D eigenvalue weighted by Gasteiger charge is -2.54. The third-order valence-electron chi connectivity index (χ3n) is 7.94. The van der Waals surface area contributed by atoms with Gasteiger partial charge in [-0.25, -0.2) is 4.79 Å². The van der Waals surface area contributed by atoms with E-state index >= 15 is 0 Å². The van der Waals surface area contributed by atoms with Crippen molar-refractivity contribution >= 4 is 16.8 Å². The van der Waals surface area contributed by atoms with Crippen LogP contribution in [0.25, 0.3) is 22.2 Å². The number of fused-ring (bicyclic) bond motifs is 1. The van der Waals surface area contributed by atoms with E-state index in [0.29, 0.717) is 11.1 Å². The van der Waals surface area contributed by atoms with Crippen LogP contribution in [-0.2, 0) is 7.05 Å². The molecule has 5 heteroatoms. The zero-order valence-corrected chi connectivity index (χ0v) is 22.9. The summed E-state index contributed by atoms with van der Waals surface area (Å²) in [5.74, 6) is -0.623. The van der Waals surface area contributed by atoms with Crippen molar-refractivity contribution < 1.29 is 12.6 Å². The molecule has 5 rings (SSSR count). The van der Waals surface area contributed by atoms with Gasteiger partial charge in [0.1, 0.15) is 0 Å². The van der Waals surface area contributed by atoms with E-state index in [9.17, 15) is 13.0 Å². The number of piperazine rings is 1. The predicted octanol–water partition coefficient (Wildman–Crippen LogP) is 6.77. The third kappa shape index (κ3) is 4.10. The largest absolute Gasteiger partial charge is 0.419 e. The maximum Gasteiger partial charge on any atom is 0.419 e. The molecular formula is C32H39N3O2. The Morgan fingerprint density at radius 1 is 1.08 bits per heavy atom. The van der Waals surface area contributed by atoms with Gasteiger partial charge in [-0.05, 0) is 94.0 Å². The highest BCUT2D eigenvalue weighted by Gasteiger charge is 2.43. The number of rotatable bonds is 4. The summed E-state index contributed by atoms with van der Waals surface area (Å²) < 4.78 is 63.6. The zero-order valence-electron chi connectivity index (χ0n) is 28.9. The number of aryl methyl sites for hydroxylation is 3. The van der Waals surface area contributed by atoms with E-state index in [1.54, 1.807) is 39.1 Å². The van der Waals surface area contributed by atoms with Crippen LogP contribution in [0.15, 0.2) is 63.8 Å². The number of hydrogen-bond acceptors (Lipinski definition) is 4. The summed E-state index contributed by atoms with van der Waals surface area (Å²) in [6, 6.07) is 12.9. The van der Waals surface area contributed by atoms with E-state index in [0.717, 1.165) is 32.7 Å². The highest BCUT2D eigenvalue weighted by atomic mass is 16.4. The summed E-state index contributed by atoms with van der Waals surface area (Å²) in [5, 5.41) is 0. The number of benzene rings is 3. The summed E-state index contributed by atoms with van der Waals surface area (Å²) in [6.45, 7) is 6.59. The average Bonchev–Trinajstić information content (AvgIpc) is 3.20. The van der Waals surface area contributed by atoms with Crippen molar-refractivity contribution in [2.75, 3.05) is 17.9 Å². The number of nitrogens with zero attached hydrogens (tertiary/aromatic N) is 3. The Kier molecular flexibility index (Phi) is 4.70. The van der Waals surface area contributed by atoms with Crippen LogP contribution in [0.3, 0.4) is 0 Å². The van der Waals surface area contributed by atoms with Crippen LogP contribution < -0.4 is 10.7 Å². The first kappa shape index (κ1) is 18.9. The minimum Gasteiger partial charge on any atom is -0.405 e. The van der Waals surface area contributed by atoms with Crippen molar-refractivity contribution in [3.63, 3.8) is 0 Å². The first-order chi connectivity index (χ1) is 19.7. The molecule has 1 saturated heterocycles. The van der Waals surface area contributed by atoms with Gasteiger partial charge in [-0.2, -0.15) is 0 Å². The SMILES string of the molecule is [2H]C(C)(c1cccc(-c2cccc(C)c2C)c1)N1C([2H])([2H])C([2H])([2H])N(c2ccc(C)c3c2oc(=O)n3C)C(C)(C)C1([2H])C. The van der Waals surface area contributed by atoms with Gasteiger partial charge in [-0.15, -0.1) is 0 Å². The van der Waals surface area contributed by atoms with Gasteiger partial charge in [0.2, 0.25) is 0 Å². The Bertz CT molecular complexity index is 1780. The lowest BCUT2D eigenvalue weighted by atomic mass is 9.86. The first-order valence-corrected chi connectivity index (χ1v) is 12.6. The molecule has 4 aromatic rings. The summed E-state index contributed by atoms with van der Waals surface area (Å²) in [6.07, 6.45) is 0. The molecule has 1 aliphatic heterocycles. The maximum absolute atomic E-state index is 12.6. The molecule has 2 unspecified atom stereocenters. The molecule has 0 N–H and O–H groups in total. The molecule has 1 fully saturated rings. The summed E-state index contributed by atoms with van der Waals surface area (Å²) in [4.78, 5) is 14.8. The molecule has 37 heavy (non-hydrogen) atoms. The highest BCUT2D eigenvalue weighted by molar-refractivity contribution is 5.90. The van der Waals surface area contributed by atoms with Gasteiger partial charge in [0, 0.05) is 41.7 Å². The molecule has 2 heterocycles. The molecule has 0 amide bonds. The molecule has 194 valence electrons. The minimum absolute atomic E-state index is 0.124. The summed E-state index contributed by atoms with van der Waals surface area (Å²) >= 11 is 0. The normalized spacial score (nSPS) is 26.9. The molecule has 5 nitrogen and oxygen atoms in total. The molecule has 0 spiro atoms. The van der Waals surface area contributed by atoms with Crippen LogP contribution >= 0.6 is 0 Å². The van der Waals surface area contributed by atoms with Crippen LogP contribution in [0.4, 0.5) is 5.69 Å². The Morgan fingerprint density at radius 2 is 1.81 bits per heavy atom. The standard InChI is InChI=1S/C32H39N3O2/c1-20-11-9-14-27(22(20)3)26-13-10-12-25(19-26)23(4)34-17-18-35(32(6,7)24(34)5)28-16-15-21(2)29-30(28)37-31(36)33(29)8/h9-16,19,23-24H,17-18H2,1-8H3/i17D2,18D2,23D,24D. The summed E-state index contributed by atoms with van der Waals surface area (Å²) in [5.41, 5.74) is 4.55. The maximum atomic E-state index is 12.6. The predicted molar refractivity (Wildman–Crippen MR) is 154 cm³/mol. The smallest absolute Gasteiger partial charge is 0.405 e. The van der Waals surface area contributed by atoms with Crippen LogP contribution in [0.2, 0.25) is 0 Å². The molecule has 0 radical (unpaired) electrons. The van der Waals surface area contributed by atoms with Gasteiger partial charge in [0.25, 0.3) is 0 Å². The molecular weight excluding hydrogens is 458 g/mol. The Morgan fingerprint density at radius 3 is 2.57 bits per heavy atom. The number of hydrogen-bond donors (Lipinski definition) is 0. The van der Waals surface area contributed by atoms with Gasteiger partial charge in [0.05, 0.1) is 15.3 Å². The van der Waals surface area contributed by atoms with Crippen molar-refractivity contribution in [3.8, 4) is 11.1 Å². The lowest BCUT2D eigenvalue weighted by Crippen LogP contribution is -2.65. The van der Waals surface area contributed by atoms with Crippen LogP contribution in [0, 0.1) is 20.8 Å². The Balaban J connectivity index is 1.71. The topological polar surface area (TPSA) is 41.6 Å². The fraction of sp³-hybridized carbons (Fsp3) is 0.406. The number of aromatic nitrogens is 1. The molecule has 0 aliphatic carbocycles. The van der Waals surface area contributed by atoms with E-state index in [2.05, 4.69) is 0 Å². The zero-order chi connectivity index (χ0) is 32.1. The van der Waals surface area contributed by atoms with Gasteiger partial charge in [0.15, 0.2) is 5.58 Å². The van der Waals surface area contributed by atoms with Gasteiger partial charge in [-0.3, -0.25) is 9.47 Å². The van der Waals surface area contributed by atoms with Crippen molar-refractivity contribution in [1.29, 1.82) is 0 Å². The van der Waals surface area contributed by atoms with Crippen molar-refractivity contribution in [2.24, 2.45) is 7.05 Å². The second kappa shape index (κ2) is 9.21. The first-order valence-electron chi connectivity index (χ1n) is 15.6. The summed E-state index contributed by atoms with van der Waals surface area (Å²) in [7, 11) is 1.56. The van der Waals surface area contributed by atoms with E-state index in [1.807, 2.05) is 57.2 Å². The fourth-order valence-electron chi connectivity index (χ4n) is 5.16. The average molecular weight is 504 g/mol. The van der Waals surface area contributed by atoms with E-state index < -0.39 is 36.3 Å². The second-order valence-electron chi connectivity index (χ2n) is 10.5. The molecule has 0 bridgehead atoms. The highest BCUT2D eigenvalue weighted by Crippen LogP contribution is 2.40. The minimum atomic E-state index is -2.86. The van der Waals surface area contributed by atoms with Crippen LogP contribution in [0.5, 0.6) is 0 Å². The van der Waals surface area contributed by atoms with Gasteiger partial charge >= 0.3 is 5.76 Å². The van der Waals surface area contributed by atoms with E-state index in [1.165, 1.54) is 23.3 Å². The molecule has 2 atom stereocenters. The van der Waals surface area contributed by atoms with Gasteiger partial charge in [-0.1, -0.05) is 42.5 Å². The number of anilines is 1. The van der Waals surface area contributed by atoms with Crippen molar-refractivity contribution in [3.05, 3.63) is 87.4 Å². The fourth-order valence-corrected chi connectivity index (χ4v) is 5.16.